The van der Waals surface area contributed by atoms with Crippen LogP contribution in [-0.2, 0) is 0 Å². The average Bonchev–Trinajstić information content (AvgIpc) is 2.75. The van der Waals surface area contributed by atoms with Crippen molar-refractivity contribution in [3.8, 4) is 0 Å². The van der Waals surface area contributed by atoms with Crippen LogP contribution in [0.25, 0.3) is 0 Å². The predicted molar refractivity (Wildman–Crippen MR) is 132 cm³/mol. The lowest BCUT2D eigenvalue weighted by Gasteiger charge is -2.38. The summed E-state index contributed by atoms with van der Waals surface area (Å²) in [6.07, 6.45) is 1.50. The van der Waals surface area contributed by atoms with Crippen LogP contribution in [0.1, 0.15) is 75.1 Å². The van der Waals surface area contributed by atoms with Crippen LogP contribution in [0.3, 0.4) is 0 Å². The van der Waals surface area contributed by atoms with E-state index in [9.17, 15) is 19.8 Å². The molecule has 0 saturated heterocycles. The summed E-state index contributed by atoms with van der Waals surface area (Å²) in [6.45, 7) is 12.0. The van der Waals surface area contributed by atoms with Crippen LogP contribution in [0.4, 0.5) is 0 Å². The van der Waals surface area contributed by atoms with Gasteiger partial charge in [0, 0.05) is 5.92 Å². The van der Waals surface area contributed by atoms with Gasteiger partial charge in [-0.3, -0.25) is 0 Å². The fourth-order valence-corrected chi connectivity index (χ4v) is 3.12. The monoisotopic (exact) mass is 460 g/mol. The van der Waals surface area contributed by atoms with Crippen molar-refractivity contribution in [3.05, 3.63) is 71.8 Å². The minimum atomic E-state index is -0.879. The molecule has 0 amide bonds. The number of aromatic carboxylic acids is 2. The first-order valence-corrected chi connectivity index (χ1v) is 11.3. The number of hydrogen-bond donors (Lipinski definition) is 4. The number of benzene rings is 2. The van der Waals surface area contributed by atoms with Gasteiger partial charge in [0.15, 0.2) is 0 Å². The normalized spacial score (nSPS) is 14.1. The molecular formula is C27H40O6. The van der Waals surface area contributed by atoms with Gasteiger partial charge in [0.05, 0.1) is 22.8 Å². The van der Waals surface area contributed by atoms with Crippen molar-refractivity contribution >= 4 is 11.9 Å². The summed E-state index contributed by atoms with van der Waals surface area (Å²) in [5.74, 6) is -0.996. The summed E-state index contributed by atoms with van der Waals surface area (Å²) in [7, 11) is 0. The Morgan fingerprint density at radius 3 is 1.33 bits per heavy atom. The summed E-state index contributed by atoms with van der Waals surface area (Å²) < 4.78 is 0. The molecule has 4 N–H and O–H groups in total. The number of carbonyl (C=O) groups is 2. The Morgan fingerprint density at radius 1 is 0.758 bits per heavy atom. The summed E-state index contributed by atoms with van der Waals surface area (Å²) in [4.78, 5) is 20.4. The number of carboxylic acids is 2. The fraction of sp³-hybridized carbons (Fsp3) is 0.481. The summed E-state index contributed by atoms with van der Waals surface area (Å²) in [5, 5.41) is 36.9. The molecule has 184 valence electrons. The van der Waals surface area contributed by atoms with Gasteiger partial charge >= 0.3 is 11.9 Å². The molecule has 0 aliphatic carbocycles. The Bertz CT molecular complexity index is 748. The maximum atomic E-state index is 10.4. The summed E-state index contributed by atoms with van der Waals surface area (Å²) in [6, 6.07) is 16.6. The molecule has 0 spiro atoms. The first kappa shape index (κ1) is 30.3. The third-order valence-corrected chi connectivity index (χ3v) is 5.60. The lowest BCUT2D eigenvalue weighted by molar-refractivity contribution is -0.0882. The zero-order chi connectivity index (χ0) is 25.6. The van der Waals surface area contributed by atoms with E-state index in [1.807, 2.05) is 20.8 Å². The molecule has 3 unspecified atom stereocenters. The Kier molecular flexibility index (Phi) is 14.0. The van der Waals surface area contributed by atoms with Crippen LogP contribution in [0.15, 0.2) is 60.7 Å². The van der Waals surface area contributed by atoms with Gasteiger partial charge < -0.3 is 20.4 Å². The molecule has 33 heavy (non-hydrogen) atoms. The summed E-state index contributed by atoms with van der Waals surface area (Å²) in [5.41, 5.74) is -0.113. The van der Waals surface area contributed by atoms with E-state index >= 15 is 0 Å². The molecule has 2 aromatic rings. The van der Waals surface area contributed by atoms with Gasteiger partial charge in [-0.15, -0.1) is 0 Å². The van der Waals surface area contributed by atoms with Crippen LogP contribution >= 0.6 is 0 Å². The number of aliphatic hydroxyl groups excluding tert-OH is 1. The molecule has 0 saturated carbocycles. The van der Waals surface area contributed by atoms with Crippen LogP contribution < -0.4 is 0 Å². The van der Waals surface area contributed by atoms with E-state index in [1.165, 1.54) is 0 Å². The Hall–Kier alpha value is -2.70. The van der Waals surface area contributed by atoms with E-state index in [4.69, 9.17) is 10.2 Å². The van der Waals surface area contributed by atoms with Crippen LogP contribution in [-0.4, -0.2) is 44.1 Å². The van der Waals surface area contributed by atoms with Crippen molar-refractivity contribution in [2.75, 3.05) is 0 Å². The topological polar surface area (TPSA) is 115 Å². The fourth-order valence-electron chi connectivity index (χ4n) is 3.12. The van der Waals surface area contributed by atoms with Gasteiger partial charge in [-0.05, 0) is 56.4 Å². The van der Waals surface area contributed by atoms with Gasteiger partial charge in [0.2, 0.25) is 0 Å². The highest BCUT2D eigenvalue weighted by Crippen LogP contribution is 2.32. The zero-order valence-electron chi connectivity index (χ0n) is 20.6. The molecule has 0 radical (unpaired) electrons. The third kappa shape index (κ3) is 12.2. The number of hydrogen-bond acceptors (Lipinski definition) is 4. The highest BCUT2D eigenvalue weighted by Gasteiger charge is 2.37. The lowest BCUT2D eigenvalue weighted by Crippen LogP contribution is -2.45. The standard InChI is InChI=1S/C13H28O2.2C7H6O2/c1-9(2)7-8-12(11(5)14)13(6,15)10(3)4;2*8-7(9)6-4-2-1-3-5-6/h9-12,14-15H,7-8H2,1-6H3;2*1-5H,(H,8,9). The second-order valence-corrected chi connectivity index (χ2v) is 9.04. The molecule has 0 aliphatic rings. The Labute approximate surface area is 197 Å². The van der Waals surface area contributed by atoms with Crippen molar-refractivity contribution in [1.82, 2.24) is 0 Å². The van der Waals surface area contributed by atoms with E-state index in [-0.39, 0.29) is 11.8 Å². The molecule has 2 aromatic carbocycles. The molecule has 0 bridgehead atoms. The van der Waals surface area contributed by atoms with Gasteiger partial charge in [-0.1, -0.05) is 70.5 Å². The van der Waals surface area contributed by atoms with Gasteiger partial charge in [0.1, 0.15) is 0 Å². The van der Waals surface area contributed by atoms with E-state index in [2.05, 4.69) is 13.8 Å². The van der Waals surface area contributed by atoms with Crippen LogP contribution in [0, 0.1) is 17.8 Å². The van der Waals surface area contributed by atoms with Crippen molar-refractivity contribution in [1.29, 1.82) is 0 Å². The molecule has 0 aromatic heterocycles. The van der Waals surface area contributed by atoms with E-state index in [0.717, 1.165) is 12.8 Å². The first-order valence-electron chi connectivity index (χ1n) is 11.3. The molecule has 6 nitrogen and oxygen atoms in total. The number of rotatable bonds is 8. The highest BCUT2D eigenvalue weighted by molar-refractivity contribution is 5.87. The minimum Gasteiger partial charge on any atom is -0.478 e. The molecule has 2 rings (SSSR count). The second-order valence-electron chi connectivity index (χ2n) is 9.04. The maximum absolute atomic E-state index is 10.4. The Balaban J connectivity index is 0.000000489. The van der Waals surface area contributed by atoms with Crippen molar-refractivity contribution in [3.63, 3.8) is 0 Å². The maximum Gasteiger partial charge on any atom is 0.335 e. The summed E-state index contributed by atoms with van der Waals surface area (Å²) >= 11 is 0. The smallest absolute Gasteiger partial charge is 0.335 e. The first-order chi connectivity index (χ1) is 15.3. The third-order valence-electron chi connectivity index (χ3n) is 5.60. The average molecular weight is 461 g/mol. The van der Waals surface area contributed by atoms with Crippen LogP contribution in [0.5, 0.6) is 0 Å². The molecular weight excluding hydrogens is 420 g/mol. The number of aliphatic hydroxyl groups is 2. The van der Waals surface area contributed by atoms with E-state index in [0.29, 0.717) is 17.0 Å². The molecule has 6 heteroatoms. The molecule has 3 atom stereocenters. The lowest BCUT2D eigenvalue weighted by atomic mass is 9.74. The van der Waals surface area contributed by atoms with E-state index < -0.39 is 23.6 Å². The number of carboxylic acid groups (broad SMARTS) is 2. The van der Waals surface area contributed by atoms with Gasteiger partial charge in [-0.25, -0.2) is 9.59 Å². The van der Waals surface area contributed by atoms with Gasteiger partial charge in [0.25, 0.3) is 0 Å². The highest BCUT2D eigenvalue weighted by atomic mass is 16.4. The van der Waals surface area contributed by atoms with E-state index in [1.54, 1.807) is 67.6 Å². The second kappa shape index (κ2) is 15.2. The quantitative estimate of drug-likeness (QED) is 0.408. The SMILES string of the molecule is CC(C)CCC(C(C)O)C(C)(O)C(C)C.O=C(O)c1ccccc1.O=C(O)c1ccccc1. The molecule has 0 aliphatic heterocycles. The van der Waals surface area contributed by atoms with Crippen molar-refractivity contribution in [2.45, 2.75) is 66.1 Å². The Morgan fingerprint density at radius 2 is 1.12 bits per heavy atom. The van der Waals surface area contributed by atoms with Gasteiger partial charge in [-0.2, -0.15) is 0 Å². The van der Waals surface area contributed by atoms with Crippen molar-refractivity contribution in [2.24, 2.45) is 17.8 Å². The predicted octanol–water partition coefficient (Wildman–Crippen LogP) is 5.60. The molecule has 0 heterocycles. The van der Waals surface area contributed by atoms with Crippen LogP contribution in [0.2, 0.25) is 0 Å². The zero-order valence-corrected chi connectivity index (χ0v) is 20.6. The van der Waals surface area contributed by atoms with Crippen molar-refractivity contribution < 1.29 is 30.0 Å². The minimum absolute atomic E-state index is 0.0279. The molecule has 0 fully saturated rings. The largest absolute Gasteiger partial charge is 0.478 e.